The first-order valence-electron chi connectivity index (χ1n) is 4.51. The summed E-state index contributed by atoms with van der Waals surface area (Å²) in [5.74, 6) is 0.770. The van der Waals surface area contributed by atoms with Crippen molar-refractivity contribution in [3.8, 4) is 11.3 Å². The maximum absolute atomic E-state index is 5.11. The Hall–Kier alpha value is -1.23. The van der Waals surface area contributed by atoms with Gasteiger partial charge in [-0.15, -0.1) is 0 Å². The summed E-state index contributed by atoms with van der Waals surface area (Å²) in [6.45, 7) is 5.70. The molecule has 4 nitrogen and oxygen atoms in total. The Morgan fingerprint density at radius 2 is 1.87 bits per heavy atom. The minimum atomic E-state index is 0.770. The molecule has 0 spiro atoms. The summed E-state index contributed by atoms with van der Waals surface area (Å²) in [5, 5.41) is 3.91. The van der Waals surface area contributed by atoms with Crippen LogP contribution in [0.5, 0.6) is 0 Å². The topological polar surface area (TPSA) is 51.8 Å². The fourth-order valence-electron chi connectivity index (χ4n) is 1.45. The molecule has 0 bridgehead atoms. The number of nitrogens with zero attached hydrogens (tertiary/aromatic N) is 3. The van der Waals surface area contributed by atoms with Crippen LogP contribution >= 0.6 is 15.9 Å². The zero-order valence-corrected chi connectivity index (χ0v) is 10.3. The van der Waals surface area contributed by atoms with Crippen molar-refractivity contribution in [2.24, 2.45) is 0 Å². The second-order valence-electron chi connectivity index (χ2n) is 3.32. The zero-order chi connectivity index (χ0) is 11.0. The van der Waals surface area contributed by atoms with Gasteiger partial charge < -0.3 is 4.52 Å². The van der Waals surface area contributed by atoms with Crippen LogP contribution in [-0.4, -0.2) is 15.1 Å². The summed E-state index contributed by atoms with van der Waals surface area (Å²) in [5.41, 5.74) is 3.51. The molecule has 0 saturated carbocycles. The van der Waals surface area contributed by atoms with Crippen LogP contribution in [-0.2, 0) is 0 Å². The van der Waals surface area contributed by atoms with Gasteiger partial charge in [-0.3, -0.25) is 0 Å². The Labute approximate surface area is 95.9 Å². The van der Waals surface area contributed by atoms with Crippen LogP contribution in [0.4, 0.5) is 0 Å². The van der Waals surface area contributed by atoms with E-state index in [0.717, 1.165) is 32.9 Å². The first-order chi connectivity index (χ1) is 7.11. The van der Waals surface area contributed by atoms with Gasteiger partial charge in [-0.2, -0.15) is 0 Å². The molecular formula is C10H10BrN3O. The van der Waals surface area contributed by atoms with Gasteiger partial charge in [-0.25, -0.2) is 9.97 Å². The lowest BCUT2D eigenvalue weighted by Gasteiger charge is -2.03. The highest BCUT2D eigenvalue weighted by atomic mass is 79.9. The molecule has 0 aliphatic rings. The molecule has 0 atom stereocenters. The smallest absolute Gasteiger partial charge is 0.143 e. The zero-order valence-electron chi connectivity index (χ0n) is 8.71. The van der Waals surface area contributed by atoms with Crippen LogP contribution < -0.4 is 0 Å². The lowest BCUT2D eigenvalue weighted by Crippen LogP contribution is -1.93. The molecule has 2 aromatic rings. The molecule has 2 rings (SSSR count). The van der Waals surface area contributed by atoms with E-state index in [4.69, 9.17) is 4.52 Å². The van der Waals surface area contributed by atoms with Crippen LogP contribution in [0.3, 0.4) is 0 Å². The fourth-order valence-corrected chi connectivity index (χ4v) is 1.86. The predicted octanol–water partition coefficient (Wildman–Crippen LogP) is 2.82. The molecule has 0 radical (unpaired) electrons. The summed E-state index contributed by atoms with van der Waals surface area (Å²) in [4.78, 5) is 8.34. The second kappa shape index (κ2) is 3.73. The summed E-state index contributed by atoms with van der Waals surface area (Å²) in [6.07, 6.45) is 1.54. The number of aryl methyl sites for hydroxylation is 3. The van der Waals surface area contributed by atoms with Gasteiger partial charge in [-0.05, 0) is 36.7 Å². The van der Waals surface area contributed by atoms with Crippen molar-refractivity contribution in [2.75, 3.05) is 0 Å². The average Bonchev–Trinajstić information content (AvgIpc) is 2.52. The van der Waals surface area contributed by atoms with Crippen LogP contribution in [0.25, 0.3) is 11.3 Å². The third-order valence-electron chi connectivity index (χ3n) is 2.23. The van der Waals surface area contributed by atoms with Gasteiger partial charge >= 0.3 is 0 Å². The lowest BCUT2D eigenvalue weighted by atomic mass is 10.1. The van der Waals surface area contributed by atoms with E-state index in [1.807, 2.05) is 20.8 Å². The van der Waals surface area contributed by atoms with Gasteiger partial charge in [-0.1, -0.05) is 5.16 Å². The molecule has 0 aliphatic carbocycles. The highest BCUT2D eigenvalue weighted by Gasteiger charge is 2.16. The summed E-state index contributed by atoms with van der Waals surface area (Å²) >= 11 is 3.48. The van der Waals surface area contributed by atoms with Crippen LogP contribution in [0.15, 0.2) is 15.3 Å². The minimum absolute atomic E-state index is 0.770. The van der Waals surface area contributed by atoms with Crippen LogP contribution in [0.2, 0.25) is 0 Å². The highest BCUT2D eigenvalue weighted by Crippen LogP contribution is 2.31. The van der Waals surface area contributed by atoms with Gasteiger partial charge in [0.15, 0.2) is 0 Å². The Bertz CT molecular complexity index is 488. The first kappa shape index (κ1) is 10.3. The van der Waals surface area contributed by atoms with E-state index >= 15 is 0 Å². The Kier molecular flexibility index (Phi) is 2.56. The van der Waals surface area contributed by atoms with E-state index in [2.05, 4.69) is 31.1 Å². The standard InChI is InChI=1S/C10H10BrN3O/c1-5-8(7(3)15-14-5)10-9(11)6(2)12-4-13-10/h4H,1-3H3. The molecule has 78 valence electrons. The first-order valence-corrected chi connectivity index (χ1v) is 5.31. The molecule has 0 aromatic carbocycles. The molecule has 0 saturated heterocycles. The second-order valence-corrected chi connectivity index (χ2v) is 4.11. The minimum Gasteiger partial charge on any atom is -0.361 e. The molecule has 2 aromatic heterocycles. The third-order valence-corrected chi connectivity index (χ3v) is 3.18. The van der Waals surface area contributed by atoms with Gasteiger partial charge in [0.2, 0.25) is 0 Å². The molecule has 0 N–H and O–H groups in total. The van der Waals surface area contributed by atoms with E-state index < -0.39 is 0 Å². The molecule has 0 aliphatic heterocycles. The fraction of sp³-hybridized carbons (Fsp3) is 0.300. The number of hydrogen-bond acceptors (Lipinski definition) is 4. The Morgan fingerprint density at radius 1 is 1.13 bits per heavy atom. The SMILES string of the molecule is Cc1ncnc(-c2c(C)noc2C)c1Br. The maximum Gasteiger partial charge on any atom is 0.143 e. The quantitative estimate of drug-likeness (QED) is 0.798. The van der Waals surface area contributed by atoms with Gasteiger partial charge in [0.1, 0.15) is 12.1 Å². The lowest BCUT2D eigenvalue weighted by molar-refractivity contribution is 0.393. The number of aromatic nitrogens is 3. The van der Waals surface area contributed by atoms with Crippen LogP contribution in [0.1, 0.15) is 17.1 Å². The van der Waals surface area contributed by atoms with E-state index in [-0.39, 0.29) is 0 Å². The normalized spacial score (nSPS) is 10.7. The highest BCUT2D eigenvalue weighted by molar-refractivity contribution is 9.10. The van der Waals surface area contributed by atoms with Crippen molar-refractivity contribution in [1.82, 2.24) is 15.1 Å². The third kappa shape index (κ3) is 1.67. The maximum atomic E-state index is 5.11. The molecule has 2 heterocycles. The average molecular weight is 268 g/mol. The van der Waals surface area contributed by atoms with Crippen molar-refractivity contribution in [3.05, 3.63) is 27.9 Å². The molecule has 5 heteroatoms. The molecule has 0 amide bonds. The van der Waals surface area contributed by atoms with E-state index in [1.165, 1.54) is 0 Å². The van der Waals surface area contributed by atoms with Crippen molar-refractivity contribution < 1.29 is 4.52 Å². The van der Waals surface area contributed by atoms with E-state index in [1.54, 1.807) is 6.33 Å². The summed E-state index contributed by atoms with van der Waals surface area (Å²) in [6, 6.07) is 0. The van der Waals surface area contributed by atoms with E-state index in [9.17, 15) is 0 Å². The predicted molar refractivity (Wildman–Crippen MR) is 59.4 cm³/mol. The Balaban J connectivity index is 2.69. The number of hydrogen-bond donors (Lipinski definition) is 0. The van der Waals surface area contributed by atoms with Gasteiger partial charge in [0.05, 0.1) is 27.1 Å². The van der Waals surface area contributed by atoms with E-state index in [0.29, 0.717) is 0 Å². The van der Waals surface area contributed by atoms with Crippen LogP contribution in [0, 0.1) is 20.8 Å². The Morgan fingerprint density at radius 3 is 2.47 bits per heavy atom. The van der Waals surface area contributed by atoms with Gasteiger partial charge in [0, 0.05) is 0 Å². The number of halogens is 1. The molecule has 0 fully saturated rings. The van der Waals surface area contributed by atoms with Crippen molar-refractivity contribution in [1.29, 1.82) is 0 Å². The summed E-state index contributed by atoms with van der Waals surface area (Å²) < 4.78 is 6.00. The van der Waals surface area contributed by atoms with Gasteiger partial charge in [0.25, 0.3) is 0 Å². The van der Waals surface area contributed by atoms with Crippen molar-refractivity contribution >= 4 is 15.9 Å². The number of rotatable bonds is 1. The molecule has 15 heavy (non-hydrogen) atoms. The summed E-state index contributed by atoms with van der Waals surface area (Å²) in [7, 11) is 0. The van der Waals surface area contributed by atoms with Crippen molar-refractivity contribution in [3.63, 3.8) is 0 Å². The van der Waals surface area contributed by atoms with Crippen molar-refractivity contribution in [2.45, 2.75) is 20.8 Å². The molecule has 0 unspecified atom stereocenters. The largest absolute Gasteiger partial charge is 0.361 e. The molecular weight excluding hydrogens is 258 g/mol. The monoisotopic (exact) mass is 267 g/mol.